The highest BCUT2D eigenvalue weighted by Crippen LogP contribution is 2.32. The van der Waals surface area contributed by atoms with E-state index in [9.17, 15) is 4.79 Å². The normalized spacial score (nSPS) is 22.3. The Balaban J connectivity index is 0.00000256. The molecule has 166 valence electrons. The molecule has 0 bridgehead atoms. The molecule has 3 aliphatic rings. The van der Waals surface area contributed by atoms with Crippen LogP contribution in [0.15, 0.2) is 29.3 Å². The molecular formula is C22H34IN5O2. The van der Waals surface area contributed by atoms with E-state index < -0.39 is 0 Å². The Labute approximate surface area is 196 Å². The molecule has 2 aliphatic heterocycles. The number of nitrogens with zero attached hydrogens (tertiary/aromatic N) is 3. The maximum absolute atomic E-state index is 12.1. The number of rotatable bonds is 5. The Hall–Kier alpha value is -1.55. The van der Waals surface area contributed by atoms with Crippen LogP contribution in [0.5, 0.6) is 5.75 Å². The number of halogens is 1. The third-order valence-corrected chi connectivity index (χ3v) is 6.07. The summed E-state index contributed by atoms with van der Waals surface area (Å²) in [6.07, 6.45) is 5.83. The van der Waals surface area contributed by atoms with Crippen molar-refractivity contribution >= 4 is 35.8 Å². The van der Waals surface area contributed by atoms with Crippen molar-refractivity contribution in [1.29, 1.82) is 0 Å². The predicted octanol–water partition coefficient (Wildman–Crippen LogP) is 2.38. The summed E-state index contributed by atoms with van der Waals surface area (Å²) in [6, 6.07) is 9.50. The zero-order valence-electron chi connectivity index (χ0n) is 18.0. The summed E-state index contributed by atoms with van der Waals surface area (Å²) in [6.45, 7) is 3.12. The van der Waals surface area contributed by atoms with Crippen molar-refractivity contribution in [2.45, 2.75) is 50.2 Å². The molecule has 1 aliphatic carbocycles. The lowest BCUT2D eigenvalue weighted by atomic mass is 10.0. The molecule has 0 radical (unpaired) electrons. The fourth-order valence-corrected chi connectivity index (χ4v) is 4.12. The highest BCUT2D eigenvalue weighted by Gasteiger charge is 2.32. The van der Waals surface area contributed by atoms with E-state index in [-0.39, 0.29) is 42.5 Å². The van der Waals surface area contributed by atoms with Crippen LogP contribution >= 0.6 is 24.0 Å². The van der Waals surface area contributed by atoms with Gasteiger partial charge in [-0.05, 0) is 31.7 Å². The molecule has 1 aromatic carbocycles. The van der Waals surface area contributed by atoms with Gasteiger partial charge in [-0.15, -0.1) is 24.0 Å². The summed E-state index contributed by atoms with van der Waals surface area (Å²) < 4.78 is 5.79. The Kier molecular flexibility index (Phi) is 8.21. The summed E-state index contributed by atoms with van der Waals surface area (Å²) in [5.41, 5.74) is 1.15. The molecule has 1 saturated heterocycles. The van der Waals surface area contributed by atoms with Crippen LogP contribution in [-0.2, 0) is 4.79 Å². The van der Waals surface area contributed by atoms with Crippen LogP contribution in [0.1, 0.15) is 43.7 Å². The zero-order chi connectivity index (χ0) is 20.2. The number of amides is 1. The van der Waals surface area contributed by atoms with E-state index in [0.717, 1.165) is 55.7 Å². The van der Waals surface area contributed by atoms with Gasteiger partial charge in [-0.25, -0.2) is 4.99 Å². The van der Waals surface area contributed by atoms with Gasteiger partial charge in [0, 0.05) is 51.3 Å². The number of ether oxygens (including phenoxy) is 1. The first-order chi connectivity index (χ1) is 14.1. The minimum Gasteiger partial charge on any atom is -0.493 e. The van der Waals surface area contributed by atoms with Gasteiger partial charge in [0.1, 0.15) is 12.3 Å². The quantitative estimate of drug-likeness (QED) is 0.350. The number of benzene rings is 1. The monoisotopic (exact) mass is 527 g/mol. The number of carbonyl (C=O) groups is 1. The zero-order valence-corrected chi connectivity index (χ0v) is 20.3. The standard InChI is InChI=1S/C22H33N5O2.HI/c1-26(2)21(28)15-23-22(24-16-9-12-27(13-10-16)17-7-8-17)25-19-11-14-29-20-6-4-3-5-18(19)20;/h3-6,16-17,19H,7-15H2,1-2H3,(H2,23,24,25);1H. The van der Waals surface area contributed by atoms with Crippen LogP contribution in [0.4, 0.5) is 0 Å². The molecule has 2 N–H and O–H groups in total. The number of likely N-dealkylation sites (tertiary alicyclic amines) is 1. The van der Waals surface area contributed by atoms with Crippen molar-refractivity contribution < 1.29 is 9.53 Å². The third-order valence-electron chi connectivity index (χ3n) is 6.07. The Morgan fingerprint density at radius 1 is 1.13 bits per heavy atom. The molecule has 2 heterocycles. The van der Waals surface area contributed by atoms with Crippen LogP contribution < -0.4 is 15.4 Å². The fraction of sp³-hybridized carbons (Fsp3) is 0.636. The molecule has 0 spiro atoms. The van der Waals surface area contributed by atoms with Crippen molar-refractivity contribution in [3.05, 3.63) is 29.8 Å². The maximum Gasteiger partial charge on any atom is 0.243 e. The Bertz CT molecular complexity index is 745. The Morgan fingerprint density at radius 3 is 2.57 bits per heavy atom. The number of para-hydroxylation sites is 1. The minimum absolute atomic E-state index is 0. The number of hydrogen-bond donors (Lipinski definition) is 2. The number of aliphatic imine (C=N–C) groups is 1. The first-order valence-electron chi connectivity index (χ1n) is 10.8. The molecule has 1 aromatic rings. The molecule has 8 heteroatoms. The predicted molar refractivity (Wildman–Crippen MR) is 130 cm³/mol. The number of nitrogens with one attached hydrogen (secondary N) is 2. The number of piperidine rings is 1. The van der Waals surface area contributed by atoms with Gasteiger partial charge in [0.2, 0.25) is 5.91 Å². The maximum atomic E-state index is 12.1. The summed E-state index contributed by atoms with van der Waals surface area (Å²) in [7, 11) is 3.53. The SMILES string of the molecule is CN(C)C(=O)CN=C(NC1CCN(C2CC2)CC1)NC1CCOc2ccccc21.I. The van der Waals surface area contributed by atoms with Gasteiger partial charge in [-0.3, -0.25) is 4.79 Å². The van der Waals surface area contributed by atoms with Crippen molar-refractivity contribution in [2.75, 3.05) is 40.3 Å². The molecule has 2 fully saturated rings. The number of guanidine groups is 1. The van der Waals surface area contributed by atoms with E-state index in [1.165, 1.54) is 12.8 Å². The summed E-state index contributed by atoms with van der Waals surface area (Å²) in [5.74, 6) is 1.66. The van der Waals surface area contributed by atoms with E-state index in [1.54, 1.807) is 19.0 Å². The van der Waals surface area contributed by atoms with E-state index in [4.69, 9.17) is 4.74 Å². The largest absolute Gasteiger partial charge is 0.493 e. The lowest BCUT2D eigenvalue weighted by Crippen LogP contribution is -2.50. The van der Waals surface area contributed by atoms with Gasteiger partial charge in [-0.2, -0.15) is 0 Å². The second kappa shape index (κ2) is 10.7. The van der Waals surface area contributed by atoms with Crippen LogP contribution in [0.2, 0.25) is 0 Å². The van der Waals surface area contributed by atoms with E-state index in [2.05, 4.69) is 26.6 Å². The van der Waals surface area contributed by atoms with E-state index in [1.807, 2.05) is 18.2 Å². The highest BCUT2D eigenvalue weighted by atomic mass is 127. The number of hydrogen-bond acceptors (Lipinski definition) is 4. The Morgan fingerprint density at radius 2 is 1.87 bits per heavy atom. The fourth-order valence-electron chi connectivity index (χ4n) is 4.12. The smallest absolute Gasteiger partial charge is 0.243 e. The lowest BCUT2D eigenvalue weighted by Gasteiger charge is -2.34. The third kappa shape index (κ3) is 6.00. The van der Waals surface area contributed by atoms with Crippen molar-refractivity contribution in [2.24, 2.45) is 4.99 Å². The highest BCUT2D eigenvalue weighted by molar-refractivity contribution is 14.0. The molecule has 30 heavy (non-hydrogen) atoms. The van der Waals surface area contributed by atoms with Gasteiger partial charge < -0.3 is 25.2 Å². The molecular weight excluding hydrogens is 493 g/mol. The second-order valence-corrected chi connectivity index (χ2v) is 8.51. The lowest BCUT2D eigenvalue weighted by molar-refractivity contribution is -0.127. The van der Waals surface area contributed by atoms with Crippen LogP contribution in [0.3, 0.4) is 0 Å². The molecule has 4 rings (SSSR count). The molecule has 1 atom stereocenters. The van der Waals surface area contributed by atoms with Gasteiger partial charge >= 0.3 is 0 Å². The molecule has 1 amide bonds. The van der Waals surface area contributed by atoms with Crippen molar-refractivity contribution in [3.8, 4) is 5.75 Å². The summed E-state index contributed by atoms with van der Waals surface area (Å²) in [5, 5.41) is 7.18. The van der Waals surface area contributed by atoms with Crippen LogP contribution in [0.25, 0.3) is 0 Å². The van der Waals surface area contributed by atoms with Crippen molar-refractivity contribution in [3.63, 3.8) is 0 Å². The van der Waals surface area contributed by atoms with Crippen LogP contribution in [0, 0.1) is 0 Å². The van der Waals surface area contributed by atoms with Gasteiger partial charge in [-0.1, -0.05) is 18.2 Å². The first kappa shape index (κ1) is 23.1. The van der Waals surface area contributed by atoms with Crippen molar-refractivity contribution in [1.82, 2.24) is 20.4 Å². The molecule has 1 unspecified atom stereocenters. The second-order valence-electron chi connectivity index (χ2n) is 8.51. The molecule has 0 aromatic heterocycles. The van der Waals surface area contributed by atoms with Gasteiger partial charge in [0.25, 0.3) is 0 Å². The number of likely N-dealkylation sites (N-methyl/N-ethyl adjacent to an activating group) is 1. The average molecular weight is 527 g/mol. The van der Waals surface area contributed by atoms with Gasteiger partial charge in [0.15, 0.2) is 5.96 Å². The molecule has 1 saturated carbocycles. The summed E-state index contributed by atoms with van der Waals surface area (Å²) >= 11 is 0. The summed E-state index contributed by atoms with van der Waals surface area (Å²) in [4.78, 5) is 20.9. The number of fused-ring (bicyclic) bond motifs is 1. The average Bonchev–Trinajstić information content (AvgIpc) is 3.58. The van der Waals surface area contributed by atoms with E-state index >= 15 is 0 Å². The topological polar surface area (TPSA) is 69.2 Å². The van der Waals surface area contributed by atoms with Gasteiger partial charge in [0.05, 0.1) is 12.6 Å². The van der Waals surface area contributed by atoms with Crippen LogP contribution in [-0.4, -0.2) is 74.1 Å². The first-order valence-corrected chi connectivity index (χ1v) is 10.8. The number of carbonyl (C=O) groups excluding carboxylic acids is 1. The van der Waals surface area contributed by atoms with E-state index in [0.29, 0.717) is 12.6 Å². The minimum atomic E-state index is 0. The molecule has 7 nitrogen and oxygen atoms in total.